The van der Waals surface area contributed by atoms with Gasteiger partial charge in [-0.25, -0.2) is 9.97 Å². The van der Waals surface area contributed by atoms with Crippen LogP contribution in [0.5, 0.6) is 0 Å². The number of nitrogens with one attached hydrogen (secondary N) is 1. The second-order valence-electron chi connectivity index (χ2n) is 4.64. The van der Waals surface area contributed by atoms with E-state index in [9.17, 15) is 0 Å². The van der Waals surface area contributed by atoms with Gasteiger partial charge in [0.05, 0.1) is 0 Å². The van der Waals surface area contributed by atoms with Crippen molar-refractivity contribution in [2.75, 3.05) is 5.32 Å². The number of fused-ring (bicyclic) bond motifs is 1. The molecule has 1 heterocycles. The van der Waals surface area contributed by atoms with Crippen LogP contribution in [0.15, 0.2) is 6.20 Å². The number of anilines is 1. The van der Waals surface area contributed by atoms with Gasteiger partial charge in [-0.3, -0.25) is 0 Å². The SMILES string of the molecule is c1nc(NC2CC2)nc2c1CCCCC2. The quantitative estimate of drug-likeness (QED) is 0.750. The standard InChI is InChI=1S/C12H17N3/c1-2-4-9-8-13-12(14-10-6-7-10)15-11(9)5-3-1/h8,10H,1-7H2,(H,13,14,15). The van der Waals surface area contributed by atoms with Crippen LogP contribution >= 0.6 is 0 Å². The van der Waals surface area contributed by atoms with E-state index in [-0.39, 0.29) is 0 Å². The highest BCUT2D eigenvalue weighted by molar-refractivity contribution is 5.32. The summed E-state index contributed by atoms with van der Waals surface area (Å²) in [5.74, 6) is 0.846. The van der Waals surface area contributed by atoms with E-state index < -0.39 is 0 Å². The van der Waals surface area contributed by atoms with Crippen molar-refractivity contribution in [3.63, 3.8) is 0 Å². The summed E-state index contributed by atoms with van der Waals surface area (Å²) >= 11 is 0. The molecule has 1 aromatic heterocycles. The molecule has 0 radical (unpaired) electrons. The van der Waals surface area contributed by atoms with Crippen LogP contribution in [0, 0.1) is 0 Å². The minimum Gasteiger partial charge on any atom is -0.351 e. The van der Waals surface area contributed by atoms with Gasteiger partial charge in [-0.15, -0.1) is 0 Å². The highest BCUT2D eigenvalue weighted by Gasteiger charge is 2.22. The summed E-state index contributed by atoms with van der Waals surface area (Å²) in [4.78, 5) is 9.02. The molecule has 3 nitrogen and oxygen atoms in total. The fraction of sp³-hybridized carbons (Fsp3) is 0.667. The van der Waals surface area contributed by atoms with Crippen molar-refractivity contribution in [3.8, 4) is 0 Å². The summed E-state index contributed by atoms with van der Waals surface area (Å²) in [5, 5.41) is 3.36. The zero-order valence-corrected chi connectivity index (χ0v) is 9.00. The average Bonchev–Trinajstić information content (AvgIpc) is 3.04. The van der Waals surface area contributed by atoms with E-state index in [1.54, 1.807) is 0 Å². The molecular weight excluding hydrogens is 186 g/mol. The molecule has 0 aliphatic heterocycles. The second-order valence-corrected chi connectivity index (χ2v) is 4.64. The van der Waals surface area contributed by atoms with Crippen LogP contribution in [-0.2, 0) is 12.8 Å². The average molecular weight is 203 g/mol. The normalized spacial score (nSPS) is 20.5. The molecule has 1 aromatic rings. The number of aromatic nitrogens is 2. The van der Waals surface area contributed by atoms with Crippen molar-refractivity contribution in [2.24, 2.45) is 0 Å². The zero-order chi connectivity index (χ0) is 10.1. The van der Waals surface area contributed by atoms with Crippen molar-refractivity contribution in [2.45, 2.75) is 51.0 Å². The third-order valence-electron chi connectivity index (χ3n) is 3.22. The number of hydrogen-bond acceptors (Lipinski definition) is 3. The van der Waals surface area contributed by atoms with E-state index >= 15 is 0 Å². The fourth-order valence-electron chi connectivity index (χ4n) is 2.13. The molecule has 2 aliphatic carbocycles. The maximum atomic E-state index is 4.63. The van der Waals surface area contributed by atoms with Gasteiger partial charge in [-0.05, 0) is 44.1 Å². The molecular formula is C12H17N3. The molecule has 3 heteroatoms. The predicted octanol–water partition coefficient (Wildman–Crippen LogP) is 2.32. The van der Waals surface area contributed by atoms with Crippen LogP contribution in [0.2, 0.25) is 0 Å². The Labute approximate surface area is 90.3 Å². The fourth-order valence-corrected chi connectivity index (χ4v) is 2.13. The first kappa shape index (κ1) is 9.13. The maximum absolute atomic E-state index is 4.63. The summed E-state index contributed by atoms with van der Waals surface area (Å²) < 4.78 is 0. The number of aryl methyl sites for hydroxylation is 2. The Morgan fingerprint density at radius 1 is 1.13 bits per heavy atom. The molecule has 0 saturated heterocycles. The first-order valence-corrected chi connectivity index (χ1v) is 6.03. The Balaban J connectivity index is 1.82. The van der Waals surface area contributed by atoms with E-state index in [1.165, 1.54) is 49.8 Å². The molecule has 15 heavy (non-hydrogen) atoms. The van der Waals surface area contributed by atoms with Gasteiger partial charge >= 0.3 is 0 Å². The summed E-state index contributed by atoms with van der Waals surface area (Å²) in [7, 11) is 0. The second kappa shape index (κ2) is 3.80. The number of nitrogens with zero attached hydrogens (tertiary/aromatic N) is 2. The van der Waals surface area contributed by atoms with Crippen molar-refractivity contribution >= 4 is 5.95 Å². The van der Waals surface area contributed by atoms with Gasteiger partial charge in [0, 0.05) is 17.9 Å². The minimum absolute atomic E-state index is 0.647. The zero-order valence-electron chi connectivity index (χ0n) is 9.00. The molecule has 1 N–H and O–H groups in total. The molecule has 0 aromatic carbocycles. The first-order chi connectivity index (χ1) is 7.42. The van der Waals surface area contributed by atoms with Crippen molar-refractivity contribution < 1.29 is 0 Å². The van der Waals surface area contributed by atoms with Crippen LogP contribution in [0.25, 0.3) is 0 Å². The molecule has 0 atom stereocenters. The molecule has 0 unspecified atom stereocenters. The van der Waals surface area contributed by atoms with E-state index in [1.807, 2.05) is 6.20 Å². The molecule has 0 spiro atoms. The summed E-state index contributed by atoms with van der Waals surface area (Å²) in [6.45, 7) is 0. The summed E-state index contributed by atoms with van der Waals surface area (Å²) in [5.41, 5.74) is 2.65. The van der Waals surface area contributed by atoms with E-state index in [0.717, 1.165) is 12.4 Å². The van der Waals surface area contributed by atoms with Gasteiger partial charge < -0.3 is 5.32 Å². The third kappa shape index (κ3) is 2.11. The Bertz CT molecular complexity index is 358. The highest BCUT2D eigenvalue weighted by atomic mass is 15.1. The number of hydrogen-bond donors (Lipinski definition) is 1. The largest absolute Gasteiger partial charge is 0.351 e. The van der Waals surface area contributed by atoms with E-state index in [2.05, 4.69) is 15.3 Å². The Morgan fingerprint density at radius 2 is 2.00 bits per heavy atom. The lowest BCUT2D eigenvalue weighted by atomic mass is 10.1. The molecule has 3 rings (SSSR count). The number of rotatable bonds is 2. The van der Waals surface area contributed by atoms with Crippen molar-refractivity contribution in [1.29, 1.82) is 0 Å². The maximum Gasteiger partial charge on any atom is 0.223 e. The van der Waals surface area contributed by atoms with Crippen molar-refractivity contribution in [3.05, 3.63) is 17.5 Å². The molecule has 0 bridgehead atoms. The summed E-state index contributed by atoms with van der Waals surface area (Å²) in [6.07, 6.45) is 10.8. The highest BCUT2D eigenvalue weighted by Crippen LogP contribution is 2.24. The molecule has 1 saturated carbocycles. The smallest absolute Gasteiger partial charge is 0.223 e. The van der Waals surface area contributed by atoms with Crippen LogP contribution in [0.1, 0.15) is 43.4 Å². The molecule has 80 valence electrons. The Kier molecular flexibility index (Phi) is 2.31. The predicted molar refractivity (Wildman–Crippen MR) is 59.9 cm³/mol. The van der Waals surface area contributed by atoms with E-state index in [0.29, 0.717) is 6.04 Å². The minimum atomic E-state index is 0.647. The van der Waals surface area contributed by atoms with Gasteiger partial charge in [0.1, 0.15) is 0 Å². The van der Waals surface area contributed by atoms with E-state index in [4.69, 9.17) is 0 Å². The Hall–Kier alpha value is -1.12. The van der Waals surface area contributed by atoms with Crippen LogP contribution in [0.4, 0.5) is 5.95 Å². The molecule has 1 fully saturated rings. The molecule has 2 aliphatic rings. The van der Waals surface area contributed by atoms with Crippen LogP contribution < -0.4 is 5.32 Å². The third-order valence-corrected chi connectivity index (χ3v) is 3.22. The van der Waals surface area contributed by atoms with Crippen molar-refractivity contribution in [1.82, 2.24) is 9.97 Å². The monoisotopic (exact) mass is 203 g/mol. The summed E-state index contributed by atoms with van der Waals surface area (Å²) in [6, 6.07) is 0.647. The first-order valence-electron chi connectivity index (χ1n) is 6.03. The topological polar surface area (TPSA) is 37.8 Å². The molecule has 0 amide bonds. The van der Waals surface area contributed by atoms with Gasteiger partial charge in [-0.2, -0.15) is 0 Å². The van der Waals surface area contributed by atoms with Gasteiger partial charge in [0.15, 0.2) is 0 Å². The van der Waals surface area contributed by atoms with Gasteiger partial charge in [0.25, 0.3) is 0 Å². The lowest BCUT2D eigenvalue weighted by molar-refractivity contribution is 0.708. The van der Waals surface area contributed by atoms with Crippen LogP contribution in [-0.4, -0.2) is 16.0 Å². The lowest BCUT2D eigenvalue weighted by Crippen LogP contribution is -2.08. The van der Waals surface area contributed by atoms with Gasteiger partial charge in [-0.1, -0.05) is 6.42 Å². The Morgan fingerprint density at radius 3 is 2.87 bits per heavy atom. The lowest BCUT2D eigenvalue weighted by Gasteiger charge is -2.07. The van der Waals surface area contributed by atoms with Crippen LogP contribution in [0.3, 0.4) is 0 Å². The van der Waals surface area contributed by atoms with Gasteiger partial charge in [0.2, 0.25) is 5.95 Å².